The number of rotatable bonds is 9. The van der Waals surface area contributed by atoms with Crippen LogP contribution >= 0.6 is 0 Å². The lowest BCUT2D eigenvalue weighted by Gasteiger charge is -2.39. The van der Waals surface area contributed by atoms with Crippen LogP contribution < -0.4 is 5.32 Å². The van der Waals surface area contributed by atoms with Crippen LogP contribution in [0.1, 0.15) is 19.4 Å². The Hall–Kier alpha value is -2.93. The first kappa shape index (κ1) is 25.7. The number of hydrogen-bond acceptors (Lipinski definition) is 10. The van der Waals surface area contributed by atoms with Crippen LogP contribution in [-0.2, 0) is 39.8 Å². The van der Waals surface area contributed by atoms with Crippen LogP contribution in [0.4, 0.5) is 4.79 Å². The molecule has 0 unspecified atom stereocenters. The van der Waals surface area contributed by atoms with Crippen LogP contribution in [-0.4, -0.2) is 80.0 Å². The predicted octanol–water partition coefficient (Wildman–Crippen LogP) is 1.39. The number of carbonyl (C=O) groups is 2. The maximum atomic E-state index is 12.2. The summed E-state index contributed by atoms with van der Waals surface area (Å²) in [6.45, 7) is 2.56. The Morgan fingerprint density at radius 1 is 1.26 bits per heavy atom. The van der Waals surface area contributed by atoms with E-state index in [9.17, 15) is 14.7 Å². The molecule has 0 spiro atoms. The molecule has 2 fully saturated rings. The minimum absolute atomic E-state index is 0.000486. The van der Waals surface area contributed by atoms with Gasteiger partial charge in [0.25, 0.3) is 0 Å². The van der Waals surface area contributed by atoms with E-state index in [0.29, 0.717) is 0 Å². The van der Waals surface area contributed by atoms with Crippen molar-refractivity contribution in [1.29, 1.82) is 0 Å². The number of amides is 1. The van der Waals surface area contributed by atoms with Gasteiger partial charge in [-0.1, -0.05) is 35.4 Å². The molecule has 2 aliphatic heterocycles. The van der Waals surface area contributed by atoms with Gasteiger partial charge in [0.1, 0.15) is 31.0 Å². The highest BCUT2D eigenvalue weighted by atomic mass is 16.8. The highest BCUT2D eigenvalue weighted by Crippen LogP contribution is 2.39. The number of benzene rings is 1. The molecular weight excluding hydrogens is 452 g/mol. The molecule has 13 nitrogen and oxygen atoms in total. The number of azide groups is 1. The molecule has 0 aliphatic carbocycles. The first-order valence-corrected chi connectivity index (χ1v) is 10.6. The van der Waals surface area contributed by atoms with E-state index < -0.39 is 67.7 Å². The number of aliphatic hydroxyl groups excluding tert-OH is 1. The van der Waals surface area contributed by atoms with E-state index in [2.05, 4.69) is 15.3 Å². The Kier molecular flexibility index (Phi) is 8.67. The van der Waals surface area contributed by atoms with Gasteiger partial charge in [0, 0.05) is 4.91 Å². The SMILES string of the molecule is COC(=O)[C@H](CO[C@H]1O[C@H](CO)[C@@H]2OC(C)(C)O[C@@H]2[C@H]1N=[N+]=[N-])NC(=O)OCc1ccccc1. The smallest absolute Gasteiger partial charge is 0.408 e. The lowest BCUT2D eigenvalue weighted by molar-refractivity contribution is -0.247. The van der Waals surface area contributed by atoms with Crippen LogP contribution in [0.15, 0.2) is 35.4 Å². The van der Waals surface area contributed by atoms with Crippen molar-refractivity contribution in [2.75, 3.05) is 20.3 Å². The topological polar surface area (TPSA) is 171 Å². The number of aliphatic hydroxyl groups is 1. The minimum atomic E-state index is -1.24. The molecule has 0 aromatic heterocycles. The summed E-state index contributed by atoms with van der Waals surface area (Å²) in [6.07, 6.45) is -4.34. The average molecular weight is 480 g/mol. The first-order chi connectivity index (χ1) is 16.3. The molecule has 13 heteroatoms. The summed E-state index contributed by atoms with van der Waals surface area (Å²) < 4.78 is 33.0. The van der Waals surface area contributed by atoms with E-state index in [1.807, 2.05) is 6.07 Å². The Balaban J connectivity index is 1.65. The van der Waals surface area contributed by atoms with Gasteiger partial charge in [-0.2, -0.15) is 0 Å². The van der Waals surface area contributed by atoms with Crippen molar-refractivity contribution in [3.05, 3.63) is 46.3 Å². The largest absolute Gasteiger partial charge is 0.467 e. The van der Waals surface area contributed by atoms with Crippen LogP contribution in [0, 0.1) is 0 Å². The van der Waals surface area contributed by atoms with Crippen molar-refractivity contribution in [3.8, 4) is 0 Å². The van der Waals surface area contributed by atoms with Crippen LogP contribution in [0.25, 0.3) is 10.4 Å². The van der Waals surface area contributed by atoms with Gasteiger partial charge >= 0.3 is 12.1 Å². The average Bonchev–Trinajstić information content (AvgIpc) is 3.16. The van der Waals surface area contributed by atoms with Crippen LogP contribution in [0.2, 0.25) is 0 Å². The van der Waals surface area contributed by atoms with Crippen molar-refractivity contribution in [2.45, 2.75) is 62.9 Å². The maximum Gasteiger partial charge on any atom is 0.408 e. The number of fused-ring (bicyclic) bond motifs is 1. The number of nitrogens with one attached hydrogen (secondary N) is 1. The summed E-state index contributed by atoms with van der Waals surface area (Å²) in [4.78, 5) is 27.3. The molecule has 6 atom stereocenters. The third-order valence-corrected chi connectivity index (χ3v) is 5.24. The Bertz CT molecular complexity index is 893. The second kappa shape index (κ2) is 11.5. The molecule has 0 bridgehead atoms. The van der Waals surface area contributed by atoms with Crippen molar-refractivity contribution < 1.29 is 43.1 Å². The Labute approximate surface area is 195 Å². The van der Waals surface area contributed by atoms with Crippen LogP contribution in [0.5, 0.6) is 0 Å². The number of ether oxygens (including phenoxy) is 6. The normalized spacial score (nSPS) is 28.2. The number of nitrogens with zero attached hydrogens (tertiary/aromatic N) is 3. The standard InChI is InChI=1S/C21H28N4O9/c1-21(2)33-16-14(9-26)32-19(15(24-25-22)17(16)34-21)30-11-13(18(27)29-3)23-20(28)31-10-12-7-5-4-6-8-12/h4-8,13-17,19,26H,9-11H2,1-3H3,(H,23,28)/t13-,14+,15+,16-,17+,19-/m0/s1. The Morgan fingerprint density at radius 3 is 2.62 bits per heavy atom. The van der Waals surface area contributed by atoms with Crippen molar-refractivity contribution >= 4 is 12.1 Å². The number of methoxy groups -OCH3 is 1. The van der Waals surface area contributed by atoms with E-state index in [0.717, 1.165) is 12.7 Å². The molecule has 186 valence electrons. The molecule has 2 saturated heterocycles. The summed E-state index contributed by atoms with van der Waals surface area (Å²) in [7, 11) is 1.16. The molecular formula is C21H28N4O9. The van der Waals surface area contributed by atoms with Gasteiger partial charge in [-0.3, -0.25) is 0 Å². The van der Waals surface area contributed by atoms with Gasteiger partial charge in [0.15, 0.2) is 18.1 Å². The molecule has 1 aromatic rings. The molecule has 1 amide bonds. The van der Waals surface area contributed by atoms with E-state index in [4.69, 9.17) is 34.0 Å². The summed E-state index contributed by atoms with van der Waals surface area (Å²) in [5.74, 6) is -1.78. The fraction of sp³-hybridized carbons (Fsp3) is 0.619. The second-order valence-electron chi connectivity index (χ2n) is 8.10. The maximum absolute atomic E-state index is 12.2. The van der Waals surface area contributed by atoms with E-state index in [1.165, 1.54) is 0 Å². The van der Waals surface area contributed by atoms with Gasteiger partial charge in [0.05, 0.1) is 20.3 Å². The molecule has 0 saturated carbocycles. The minimum Gasteiger partial charge on any atom is -0.467 e. The van der Waals surface area contributed by atoms with E-state index in [1.54, 1.807) is 38.1 Å². The molecule has 3 rings (SSSR count). The van der Waals surface area contributed by atoms with Crippen LogP contribution in [0.3, 0.4) is 0 Å². The van der Waals surface area contributed by atoms with Gasteiger partial charge in [-0.25, -0.2) is 9.59 Å². The van der Waals surface area contributed by atoms with Gasteiger partial charge in [0.2, 0.25) is 0 Å². The van der Waals surface area contributed by atoms with Crippen molar-refractivity contribution in [1.82, 2.24) is 5.32 Å². The third-order valence-electron chi connectivity index (χ3n) is 5.24. The summed E-state index contributed by atoms with van der Waals surface area (Å²) in [5, 5.41) is 15.9. The molecule has 2 aliphatic rings. The fourth-order valence-corrected chi connectivity index (χ4v) is 3.73. The summed E-state index contributed by atoms with van der Waals surface area (Å²) >= 11 is 0. The molecule has 34 heavy (non-hydrogen) atoms. The number of carbonyl (C=O) groups excluding carboxylic acids is 2. The summed E-state index contributed by atoms with van der Waals surface area (Å²) in [5.41, 5.74) is 9.81. The number of esters is 1. The van der Waals surface area contributed by atoms with Gasteiger partial charge in [-0.05, 0) is 24.9 Å². The van der Waals surface area contributed by atoms with Gasteiger partial charge in [-0.15, -0.1) is 0 Å². The molecule has 1 aromatic carbocycles. The van der Waals surface area contributed by atoms with Crippen molar-refractivity contribution in [3.63, 3.8) is 0 Å². The van der Waals surface area contributed by atoms with E-state index >= 15 is 0 Å². The molecule has 0 radical (unpaired) electrons. The highest BCUT2D eigenvalue weighted by molar-refractivity contribution is 5.81. The zero-order chi connectivity index (χ0) is 24.7. The zero-order valence-electron chi connectivity index (χ0n) is 19.0. The number of hydrogen-bond donors (Lipinski definition) is 2. The molecule has 2 heterocycles. The lowest BCUT2D eigenvalue weighted by atomic mass is 9.98. The monoisotopic (exact) mass is 480 g/mol. The quantitative estimate of drug-likeness (QED) is 0.229. The highest BCUT2D eigenvalue weighted by Gasteiger charge is 2.55. The number of alkyl carbamates (subject to hydrolysis) is 1. The third kappa shape index (κ3) is 6.35. The second-order valence-corrected chi connectivity index (χ2v) is 8.10. The summed E-state index contributed by atoms with van der Waals surface area (Å²) in [6, 6.07) is 6.77. The lowest BCUT2D eigenvalue weighted by Crippen LogP contribution is -2.58. The Morgan fingerprint density at radius 2 is 1.97 bits per heavy atom. The molecule has 2 N–H and O–H groups in total. The van der Waals surface area contributed by atoms with E-state index in [-0.39, 0.29) is 6.61 Å². The zero-order valence-corrected chi connectivity index (χ0v) is 19.0. The van der Waals surface area contributed by atoms with Crippen molar-refractivity contribution in [2.24, 2.45) is 5.11 Å². The predicted molar refractivity (Wildman–Crippen MR) is 114 cm³/mol. The fourth-order valence-electron chi connectivity index (χ4n) is 3.73. The first-order valence-electron chi connectivity index (χ1n) is 10.6. The van der Waals surface area contributed by atoms with Gasteiger partial charge < -0.3 is 38.8 Å².